The van der Waals surface area contributed by atoms with Crippen LogP contribution in [0.25, 0.3) is 0 Å². The summed E-state index contributed by atoms with van der Waals surface area (Å²) in [6.07, 6.45) is 1.56. The third kappa shape index (κ3) is 6.63. The Balaban J connectivity index is 2.46. The molecule has 0 saturated carbocycles. The predicted molar refractivity (Wildman–Crippen MR) is 86.4 cm³/mol. The highest BCUT2D eigenvalue weighted by molar-refractivity contribution is 5.80. The molecule has 118 valence electrons. The molecule has 0 heterocycles. The highest BCUT2D eigenvalue weighted by Gasteiger charge is 2.16. The van der Waals surface area contributed by atoms with E-state index in [1.54, 1.807) is 6.92 Å². The van der Waals surface area contributed by atoms with Gasteiger partial charge in [0.1, 0.15) is 5.75 Å². The van der Waals surface area contributed by atoms with Crippen molar-refractivity contribution < 1.29 is 9.53 Å². The van der Waals surface area contributed by atoms with E-state index < -0.39 is 6.10 Å². The highest BCUT2D eigenvalue weighted by atomic mass is 16.5. The van der Waals surface area contributed by atoms with Gasteiger partial charge in [-0.15, -0.1) is 0 Å². The van der Waals surface area contributed by atoms with Crippen LogP contribution >= 0.6 is 0 Å². The van der Waals surface area contributed by atoms with Gasteiger partial charge in [0.05, 0.1) is 0 Å². The van der Waals surface area contributed by atoms with E-state index in [1.165, 1.54) is 5.56 Å². The average molecular weight is 292 g/mol. The molecule has 0 radical (unpaired) electrons. The summed E-state index contributed by atoms with van der Waals surface area (Å²) in [5, 5.41) is 6.24. The van der Waals surface area contributed by atoms with Crippen molar-refractivity contribution in [3.8, 4) is 5.75 Å². The summed E-state index contributed by atoms with van der Waals surface area (Å²) in [6.45, 7) is 9.78. The molecule has 0 saturated heterocycles. The van der Waals surface area contributed by atoms with Crippen molar-refractivity contribution in [3.63, 3.8) is 0 Å². The van der Waals surface area contributed by atoms with Crippen molar-refractivity contribution in [1.29, 1.82) is 0 Å². The standard InChI is InChI=1S/C17H28N2O2/c1-5-7-13(3)19-17(20)14(4)21-16-10-8-15(9-11-16)12-18-6-2/h8-11,13-14,18H,5-7,12H2,1-4H3,(H,19,20). The summed E-state index contributed by atoms with van der Waals surface area (Å²) in [5.41, 5.74) is 1.21. The predicted octanol–water partition coefficient (Wildman–Crippen LogP) is 2.87. The first-order valence-electron chi connectivity index (χ1n) is 7.83. The summed E-state index contributed by atoms with van der Waals surface area (Å²) in [6, 6.07) is 8.04. The maximum atomic E-state index is 12.0. The molecular weight excluding hydrogens is 264 g/mol. The highest BCUT2D eigenvalue weighted by Crippen LogP contribution is 2.14. The lowest BCUT2D eigenvalue weighted by molar-refractivity contribution is -0.127. The molecule has 4 heteroatoms. The lowest BCUT2D eigenvalue weighted by Crippen LogP contribution is -2.41. The monoisotopic (exact) mass is 292 g/mol. The molecule has 2 N–H and O–H groups in total. The van der Waals surface area contributed by atoms with E-state index in [-0.39, 0.29) is 11.9 Å². The first-order chi connectivity index (χ1) is 10.1. The van der Waals surface area contributed by atoms with E-state index in [0.29, 0.717) is 0 Å². The second-order valence-electron chi connectivity index (χ2n) is 5.38. The quantitative estimate of drug-likeness (QED) is 0.736. The third-order valence-corrected chi connectivity index (χ3v) is 3.29. The number of hydrogen-bond donors (Lipinski definition) is 2. The van der Waals surface area contributed by atoms with Gasteiger partial charge in [0.25, 0.3) is 5.91 Å². The van der Waals surface area contributed by atoms with E-state index in [9.17, 15) is 4.79 Å². The van der Waals surface area contributed by atoms with Crippen LogP contribution < -0.4 is 15.4 Å². The van der Waals surface area contributed by atoms with Crippen LogP contribution in [0.5, 0.6) is 5.75 Å². The Morgan fingerprint density at radius 2 is 1.86 bits per heavy atom. The Morgan fingerprint density at radius 3 is 2.43 bits per heavy atom. The van der Waals surface area contributed by atoms with E-state index in [1.807, 2.05) is 31.2 Å². The number of hydrogen-bond acceptors (Lipinski definition) is 3. The van der Waals surface area contributed by atoms with Crippen molar-refractivity contribution in [2.45, 2.75) is 59.2 Å². The van der Waals surface area contributed by atoms with E-state index in [0.717, 1.165) is 31.7 Å². The molecule has 2 atom stereocenters. The SMILES string of the molecule is CCCC(C)NC(=O)C(C)Oc1ccc(CNCC)cc1. The van der Waals surface area contributed by atoms with Gasteiger partial charge in [-0.3, -0.25) is 4.79 Å². The van der Waals surface area contributed by atoms with Crippen LogP contribution in [0, 0.1) is 0 Å². The molecule has 0 spiro atoms. The zero-order chi connectivity index (χ0) is 15.7. The maximum Gasteiger partial charge on any atom is 0.260 e. The number of ether oxygens (including phenoxy) is 1. The zero-order valence-corrected chi connectivity index (χ0v) is 13.6. The maximum absolute atomic E-state index is 12.0. The van der Waals surface area contributed by atoms with Crippen LogP contribution in [0.3, 0.4) is 0 Å². The molecule has 1 aromatic rings. The van der Waals surface area contributed by atoms with Gasteiger partial charge in [-0.25, -0.2) is 0 Å². The molecule has 1 aromatic carbocycles. The first kappa shape index (κ1) is 17.5. The van der Waals surface area contributed by atoms with Gasteiger partial charge in [-0.1, -0.05) is 32.4 Å². The van der Waals surface area contributed by atoms with Gasteiger partial charge < -0.3 is 15.4 Å². The molecule has 1 rings (SSSR count). The Bertz CT molecular complexity index is 417. The Kier molecular flexibility index (Phi) is 7.83. The fourth-order valence-electron chi connectivity index (χ4n) is 2.08. The topological polar surface area (TPSA) is 50.4 Å². The van der Waals surface area contributed by atoms with E-state index in [4.69, 9.17) is 4.74 Å². The summed E-state index contributed by atoms with van der Waals surface area (Å²) >= 11 is 0. The number of carbonyl (C=O) groups is 1. The molecule has 1 amide bonds. The molecule has 2 unspecified atom stereocenters. The van der Waals surface area contributed by atoms with Gasteiger partial charge >= 0.3 is 0 Å². The summed E-state index contributed by atoms with van der Waals surface area (Å²) in [5.74, 6) is 0.661. The number of nitrogens with one attached hydrogen (secondary N) is 2. The van der Waals surface area contributed by atoms with Crippen LogP contribution in [0.15, 0.2) is 24.3 Å². The molecule has 0 aliphatic carbocycles. The van der Waals surface area contributed by atoms with Crippen molar-refractivity contribution in [1.82, 2.24) is 10.6 Å². The molecule has 0 aromatic heterocycles. The fourth-order valence-corrected chi connectivity index (χ4v) is 2.08. The molecule has 0 fully saturated rings. The zero-order valence-electron chi connectivity index (χ0n) is 13.6. The largest absolute Gasteiger partial charge is 0.481 e. The van der Waals surface area contributed by atoms with Gasteiger partial charge in [-0.05, 0) is 44.5 Å². The number of rotatable bonds is 9. The Hall–Kier alpha value is -1.55. The summed E-state index contributed by atoms with van der Waals surface area (Å²) in [7, 11) is 0. The Morgan fingerprint density at radius 1 is 1.19 bits per heavy atom. The smallest absolute Gasteiger partial charge is 0.260 e. The Labute approximate surface area is 128 Å². The molecule has 4 nitrogen and oxygen atoms in total. The van der Waals surface area contributed by atoms with Crippen LogP contribution in [0.1, 0.15) is 46.1 Å². The van der Waals surface area contributed by atoms with Crippen molar-refractivity contribution in [3.05, 3.63) is 29.8 Å². The van der Waals surface area contributed by atoms with Gasteiger partial charge in [0.2, 0.25) is 0 Å². The molecule has 0 aliphatic rings. The number of carbonyl (C=O) groups excluding carboxylic acids is 1. The minimum Gasteiger partial charge on any atom is -0.481 e. The molecule has 0 bridgehead atoms. The van der Waals surface area contributed by atoms with Crippen LogP contribution in [-0.4, -0.2) is 24.6 Å². The third-order valence-electron chi connectivity index (χ3n) is 3.29. The molecule has 0 aliphatic heterocycles. The number of benzene rings is 1. The summed E-state index contributed by atoms with van der Waals surface area (Å²) in [4.78, 5) is 12.0. The second-order valence-corrected chi connectivity index (χ2v) is 5.38. The van der Waals surface area contributed by atoms with Gasteiger partial charge in [-0.2, -0.15) is 0 Å². The van der Waals surface area contributed by atoms with Crippen molar-refractivity contribution in [2.75, 3.05) is 6.54 Å². The van der Waals surface area contributed by atoms with Crippen molar-refractivity contribution >= 4 is 5.91 Å². The van der Waals surface area contributed by atoms with Crippen LogP contribution in [0.4, 0.5) is 0 Å². The van der Waals surface area contributed by atoms with Crippen LogP contribution in [0.2, 0.25) is 0 Å². The lowest BCUT2D eigenvalue weighted by Gasteiger charge is -2.18. The molecular formula is C17H28N2O2. The lowest BCUT2D eigenvalue weighted by atomic mass is 10.2. The average Bonchev–Trinajstić information content (AvgIpc) is 2.46. The molecule has 21 heavy (non-hydrogen) atoms. The minimum absolute atomic E-state index is 0.0623. The van der Waals surface area contributed by atoms with Crippen LogP contribution in [-0.2, 0) is 11.3 Å². The summed E-state index contributed by atoms with van der Waals surface area (Å²) < 4.78 is 5.68. The second kappa shape index (κ2) is 9.40. The van der Waals surface area contributed by atoms with E-state index in [2.05, 4.69) is 24.5 Å². The number of amides is 1. The van der Waals surface area contributed by atoms with Gasteiger partial charge in [0, 0.05) is 12.6 Å². The van der Waals surface area contributed by atoms with Gasteiger partial charge in [0.15, 0.2) is 6.10 Å². The van der Waals surface area contributed by atoms with Crippen molar-refractivity contribution in [2.24, 2.45) is 0 Å². The fraction of sp³-hybridized carbons (Fsp3) is 0.588. The van der Waals surface area contributed by atoms with E-state index >= 15 is 0 Å². The normalized spacial score (nSPS) is 13.5. The first-order valence-corrected chi connectivity index (χ1v) is 7.83. The minimum atomic E-state index is -0.482.